The van der Waals surface area contributed by atoms with Gasteiger partial charge in [0.15, 0.2) is 11.2 Å². The molecule has 7 nitrogen and oxygen atoms in total. The smallest absolute Gasteiger partial charge is 0.336 e. The molecule has 0 heterocycles. The van der Waals surface area contributed by atoms with Gasteiger partial charge in [-0.1, -0.05) is 54.7 Å². The Morgan fingerprint density at radius 1 is 0.963 bits per heavy atom. The summed E-state index contributed by atoms with van der Waals surface area (Å²) in [5, 5.41) is 27.7. The van der Waals surface area contributed by atoms with Crippen LogP contribution in [-0.4, -0.2) is 39.0 Å². The van der Waals surface area contributed by atoms with Crippen molar-refractivity contribution >= 4 is 29.8 Å². The molecule has 0 saturated heterocycles. The van der Waals surface area contributed by atoms with Crippen molar-refractivity contribution in [1.29, 1.82) is 0 Å². The Morgan fingerprint density at radius 3 is 2.30 bits per heavy atom. The van der Waals surface area contributed by atoms with E-state index < -0.39 is 35.0 Å². The number of ketones is 1. The minimum absolute atomic E-state index is 0.0349. The molecule has 138 valence electrons. The van der Waals surface area contributed by atoms with Crippen LogP contribution in [0.5, 0.6) is 0 Å². The first-order valence-corrected chi connectivity index (χ1v) is 7.84. The van der Waals surface area contributed by atoms with Gasteiger partial charge >= 0.3 is 17.9 Å². The van der Waals surface area contributed by atoms with Crippen LogP contribution in [0.1, 0.15) is 15.9 Å². The summed E-state index contributed by atoms with van der Waals surface area (Å²) in [7, 11) is 0. The van der Waals surface area contributed by atoms with E-state index in [1.165, 1.54) is 48.6 Å². The van der Waals surface area contributed by atoms with Crippen LogP contribution in [0.2, 0.25) is 0 Å². The molecule has 1 aromatic carbocycles. The molecule has 7 heteroatoms. The zero-order chi connectivity index (χ0) is 20.0. The summed E-state index contributed by atoms with van der Waals surface area (Å²) >= 11 is 0. The Hall–Kier alpha value is -3.74. The van der Waals surface area contributed by atoms with E-state index in [0.717, 1.165) is 18.2 Å². The molecule has 0 saturated carbocycles. The van der Waals surface area contributed by atoms with Gasteiger partial charge in [0, 0.05) is 12.0 Å². The Morgan fingerprint density at radius 2 is 1.67 bits per heavy atom. The predicted octanol–water partition coefficient (Wildman–Crippen LogP) is 2.42. The summed E-state index contributed by atoms with van der Waals surface area (Å²) < 4.78 is 0. The van der Waals surface area contributed by atoms with Crippen molar-refractivity contribution in [2.75, 3.05) is 0 Å². The normalized spacial score (nSPS) is 21.6. The molecule has 2 rings (SSSR count). The van der Waals surface area contributed by atoms with Crippen molar-refractivity contribution in [2.24, 2.45) is 11.3 Å². The number of aromatic carboxylic acids is 1. The van der Waals surface area contributed by atoms with Gasteiger partial charge in [-0.3, -0.25) is 9.59 Å². The maximum absolute atomic E-state index is 12.8. The van der Waals surface area contributed by atoms with E-state index >= 15 is 0 Å². The quantitative estimate of drug-likeness (QED) is 0.498. The van der Waals surface area contributed by atoms with Crippen LogP contribution in [0.25, 0.3) is 6.08 Å². The highest BCUT2D eigenvalue weighted by Gasteiger charge is 2.48. The monoisotopic (exact) mass is 368 g/mol. The van der Waals surface area contributed by atoms with Crippen molar-refractivity contribution in [1.82, 2.24) is 0 Å². The first-order valence-electron chi connectivity index (χ1n) is 7.84. The molecule has 0 aromatic heterocycles. The Kier molecular flexibility index (Phi) is 5.87. The van der Waals surface area contributed by atoms with Gasteiger partial charge in [-0.05, 0) is 17.7 Å². The van der Waals surface area contributed by atoms with Crippen LogP contribution < -0.4 is 0 Å². The Labute approximate surface area is 154 Å². The number of carboxylic acids is 3. The zero-order valence-corrected chi connectivity index (χ0v) is 14.0. The standard InChI is InChI=1S/C20H16O7/c21-16(10-8-13-5-1-2-7-15(13)18(24)25)20(19(26)27)12-4-3-6-14(20)9-11-17(22)23/h1-12,14H,(H,22,23)(H,24,25)(H,26,27)/b10-8+,11-9+. The van der Waals surface area contributed by atoms with Gasteiger partial charge in [-0.2, -0.15) is 0 Å². The first kappa shape index (κ1) is 19.6. The van der Waals surface area contributed by atoms with E-state index in [9.17, 15) is 29.4 Å². The molecule has 0 fully saturated rings. The molecule has 27 heavy (non-hydrogen) atoms. The number of allylic oxidation sites excluding steroid dienone is 5. The Bertz CT molecular complexity index is 905. The number of rotatable bonds is 7. The highest BCUT2D eigenvalue weighted by atomic mass is 16.4. The van der Waals surface area contributed by atoms with Crippen molar-refractivity contribution in [3.63, 3.8) is 0 Å². The van der Waals surface area contributed by atoms with Crippen molar-refractivity contribution < 1.29 is 34.5 Å². The average molecular weight is 368 g/mol. The largest absolute Gasteiger partial charge is 0.480 e. The molecule has 1 aliphatic rings. The van der Waals surface area contributed by atoms with Crippen LogP contribution in [0.4, 0.5) is 0 Å². The molecule has 2 unspecified atom stereocenters. The SMILES string of the molecule is O=C(O)/C=C/C1C=CC=CC1(C(=O)O)C(=O)/C=C/c1ccccc1C(=O)O. The van der Waals surface area contributed by atoms with E-state index in [1.54, 1.807) is 6.07 Å². The molecule has 0 bridgehead atoms. The number of benzene rings is 1. The van der Waals surface area contributed by atoms with Gasteiger partial charge in [0.1, 0.15) is 0 Å². The van der Waals surface area contributed by atoms with Crippen molar-refractivity contribution in [2.45, 2.75) is 0 Å². The van der Waals surface area contributed by atoms with Crippen LogP contribution >= 0.6 is 0 Å². The lowest BCUT2D eigenvalue weighted by atomic mass is 9.69. The van der Waals surface area contributed by atoms with Gasteiger partial charge < -0.3 is 15.3 Å². The maximum atomic E-state index is 12.8. The molecule has 1 aliphatic carbocycles. The average Bonchev–Trinajstić information content (AvgIpc) is 2.64. The fraction of sp³-hybridized carbons (Fsp3) is 0.100. The molecule has 0 spiro atoms. The molecule has 3 N–H and O–H groups in total. The van der Waals surface area contributed by atoms with E-state index in [0.29, 0.717) is 0 Å². The fourth-order valence-electron chi connectivity index (χ4n) is 2.76. The molecule has 0 amide bonds. The van der Waals surface area contributed by atoms with E-state index in [1.807, 2.05) is 0 Å². The van der Waals surface area contributed by atoms with Crippen LogP contribution in [0.3, 0.4) is 0 Å². The highest BCUT2D eigenvalue weighted by molar-refractivity contribution is 6.13. The van der Waals surface area contributed by atoms with Crippen LogP contribution in [0.15, 0.2) is 66.8 Å². The van der Waals surface area contributed by atoms with Crippen molar-refractivity contribution in [3.05, 3.63) is 77.9 Å². The maximum Gasteiger partial charge on any atom is 0.336 e. The molecule has 1 aromatic rings. The minimum atomic E-state index is -2.02. The van der Waals surface area contributed by atoms with Gasteiger partial charge in [0.2, 0.25) is 0 Å². The second-order valence-electron chi connectivity index (χ2n) is 5.73. The topological polar surface area (TPSA) is 129 Å². The third-order valence-electron chi connectivity index (χ3n) is 4.13. The summed E-state index contributed by atoms with van der Waals surface area (Å²) in [6, 6.07) is 5.97. The molecular weight excluding hydrogens is 352 g/mol. The summed E-state index contributed by atoms with van der Waals surface area (Å²) in [6.07, 6.45) is 9.69. The fourth-order valence-corrected chi connectivity index (χ4v) is 2.76. The van der Waals surface area contributed by atoms with E-state index in [4.69, 9.17) is 5.11 Å². The van der Waals surface area contributed by atoms with Crippen LogP contribution in [-0.2, 0) is 14.4 Å². The molecule has 2 atom stereocenters. The highest BCUT2D eigenvalue weighted by Crippen LogP contribution is 2.37. The first-order chi connectivity index (χ1) is 12.8. The second kappa shape index (κ2) is 8.09. The van der Waals surface area contributed by atoms with E-state index in [-0.39, 0.29) is 11.1 Å². The summed E-state index contributed by atoms with van der Waals surface area (Å²) in [5.74, 6) is -5.71. The lowest BCUT2D eigenvalue weighted by molar-refractivity contribution is -0.151. The number of aliphatic carboxylic acids is 2. The zero-order valence-electron chi connectivity index (χ0n) is 14.0. The second-order valence-corrected chi connectivity index (χ2v) is 5.73. The van der Waals surface area contributed by atoms with Gasteiger partial charge in [0.25, 0.3) is 0 Å². The van der Waals surface area contributed by atoms with E-state index in [2.05, 4.69) is 0 Å². The summed E-state index contributed by atoms with van der Waals surface area (Å²) in [4.78, 5) is 46.7. The number of carbonyl (C=O) groups is 4. The number of hydrogen-bond donors (Lipinski definition) is 3. The number of carbonyl (C=O) groups excluding carboxylic acids is 1. The molecule has 0 radical (unpaired) electrons. The number of hydrogen-bond acceptors (Lipinski definition) is 4. The molecule has 0 aliphatic heterocycles. The number of carboxylic acid groups (broad SMARTS) is 3. The van der Waals surface area contributed by atoms with Crippen molar-refractivity contribution in [3.8, 4) is 0 Å². The van der Waals surface area contributed by atoms with Crippen LogP contribution in [0, 0.1) is 11.3 Å². The lowest BCUT2D eigenvalue weighted by Crippen LogP contribution is -2.43. The summed E-state index contributed by atoms with van der Waals surface area (Å²) in [5.41, 5.74) is -1.81. The van der Waals surface area contributed by atoms with Gasteiger partial charge in [-0.15, -0.1) is 0 Å². The predicted molar refractivity (Wildman–Crippen MR) is 96.1 cm³/mol. The third-order valence-corrected chi connectivity index (χ3v) is 4.13. The third kappa shape index (κ3) is 4.09. The lowest BCUT2D eigenvalue weighted by Gasteiger charge is -2.30. The van der Waals surface area contributed by atoms with Gasteiger partial charge in [0.05, 0.1) is 5.56 Å². The summed E-state index contributed by atoms with van der Waals surface area (Å²) in [6.45, 7) is 0. The van der Waals surface area contributed by atoms with Gasteiger partial charge in [-0.25, -0.2) is 9.59 Å². The minimum Gasteiger partial charge on any atom is -0.480 e. The Balaban J connectivity index is 2.44. The molecular formula is C20H16O7.